The van der Waals surface area contributed by atoms with Crippen LogP contribution in [0.3, 0.4) is 0 Å². The molecule has 0 atom stereocenters. The van der Waals surface area contributed by atoms with E-state index in [0.29, 0.717) is 5.92 Å². The lowest BCUT2D eigenvalue weighted by atomic mass is 9.96. The second-order valence-electron chi connectivity index (χ2n) is 5.84. The highest BCUT2D eigenvalue weighted by Crippen LogP contribution is 2.40. The lowest BCUT2D eigenvalue weighted by Crippen LogP contribution is -2.17. The number of rotatable bonds is 4. The smallest absolute Gasteiger partial charge is 0.0690 e. The second kappa shape index (κ2) is 4.34. The number of benzene rings is 1. The van der Waals surface area contributed by atoms with Crippen molar-refractivity contribution in [2.24, 2.45) is 0 Å². The van der Waals surface area contributed by atoms with Gasteiger partial charge in [0.05, 0.1) is 5.60 Å². The molecule has 0 radical (unpaired) electrons. The SMILES string of the molecule is CC(C)c1ccc(N(C)C)c(CC2(O)CC2)c1. The van der Waals surface area contributed by atoms with Crippen molar-refractivity contribution >= 4 is 5.69 Å². The van der Waals surface area contributed by atoms with Crippen LogP contribution in [0.4, 0.5) is 5.69 Å². The van der Waals surface area contributed by atoms with Crippen molar-refractivity contribution in [3.63, 3.8) is 0 Å². The van der Waals surface area contributed by atoms with Gasteiger partial charge in [0.2, 0.25) is 0 Å². The largest absolute Gasteiger partial charge is 0.390 e. The van der Waals surface area contributed by atoms with Crippen molar-refractivity contribution in [1.82, 2.24) is 0 Å². The Morgan fingerprint density at radius 3 is 2.41 bits per heavy atom. The van der Waals surface area contributed by atoms with Gasteiger partial charge in [0.25, 0.3) is 0 Å². The Morgan fingerprint density at radius 1 is 1.29 bits per heavy atom. The Labute approximate surface area is 104 Å². The molecule has 1 aromatic rings. The molecule has 2 rings (SSSR count). The first-order valence-electron chi connectivity index (χ1n) is 6.44. The van der Waals surface area contributed by atoms with Crippen molar-refractivity contribution < 1.29 is 5.11 Å². The maximum absolute atomic E-state index is 10.1. The van der Waals surface area contributed by atoms with Crippen molar-refractivity contribution in [2.45, 2.75) is 44.6 Å². The molecule has 0 aliphatic heterocycles. The fraction of sp³-hybridized carbons (Fsp3) is 0.600. The Bertz CT molecular complexity index is 405. The maximum Gasteiger partial charge on any atom is 0.0690 e. The summed E-state index contributed by atoms with van der Waals surface area (Å²) in [6, 6.07) is 6.63. The van der Waals surface area contributed by atoms with Crippen LogP contribution in [-0.2, 0) is 6.42 Å². The lowest BCUT2D eigenvalue weighted by molar-refractivity contribution is 0.151. The molecule has 1 N–H and O–H groups in total. The van der Waals surface area contributed by atoms with Gasteiger partial charge in [-0.15, -0.1) is 0 Å². The summed E-state index contributed by atoms with van der Waals surface area (Å²) in [6.45, 7) is 4.42. The highest BCUT2D eigenvalue weighted by atomic mass is 16.3. The zero-order valence-electron chi connectivity index (χ0n) is 11.3. The molecule has 17 heavy (non-hydrogen) atoms. The van der Waals surface area contributed by atoms with Crippen LogP contribution in [-0.4, -0.2) is 24.8 Å². The fourth-order valence-corrected chi connectivity index (χ4v) is 2.22. The average Bonchev–Trinajstić information content (AvgIpc) is 2.95. The van der Waals surface area contributed by atoms with E-state index < -0.39 is 5.60 Å². The summed E-state index contributed by atoms with van der Waals surface area (Å²) < 4.78 is 0. The van der Waals surface area contributed by atoms with E-state index in [1.54, 1.807) is 0 Å². The minimum Gasteiger partial charge on any atom is -0.390 e. The first-order chi connectivity index (χ1) is 7.91. The molecule has 0 amide bonds. The lowest BCUT2D eigenvalue weighted by Gasteiger charge is -2.21. The third kappa shape index (κ3) is 2.81. The van der Waals surface area contributed by atoms with Crippen LogP contribution < -0.4 is 4.90 Å². The van der Waals surface area contributed by atoms with Crippen molar-refractivity contribution in [2.75, 3.05) is 19.0 Å². The molecule has 1 aliphatic rings. The Morgan fingerprint density at radius 2 is 1.94 bits per heavy atom. The molecule has 0 spiro atoms. The minimum atomic E-state index is -0.416. The molecule has 0 bridgehead atoms. The highest BCUT2D eigenvalue weighted by Gasteiger charge is 2.40. The summed E-state index contributed by atoms with van der Waals surface area (Å²) in [5.74, 6) is 0.541. The normalized spacial score (nSPS) is 17.3. The van der Waals surface area contributed by atoms with Gasteiger partial charge in [-0.25, -0.2) is 0 Å². The van der Waals surface area contributed by atoms with Crippen molar-refractivity contribution in [3.8, 4) is 0 Å². The van der Waals surface area contributed by atoms with E-state index in [1.807, 2.05) is 0 Å². The van der Waals surface area contributed by atoms with E-state index in [1.165, 1.54) is 16.8 Å². The quantitative estimate of drug-likeness (QED) is 0.864. The maximum atomic E-state index is 10.1. The zero-order chi connectivity index (χ0) is 12.6. The van der Waals surface area contributed by atoms with E-state index in [9.17, 15) is 5.11 Å². The van der Waals surface area contributed by atoms with Crippen LogP contribution in [0, 0.1) is 0 Å². The van der Waals surface area contributed by atoms with Gasteiger partial charge in [0.1, 0.15) is 0 Å². The first kappa shape index (κ1) is 12.4. The number of anilines is 1. The van der Waals surface area contributed by atoms with E-state index in [0.717, 1.165) is 19.3 Å². The van der Waals surface area contributed by atoms with Gasteiger partial charge in [0, 0.05) is 26.2 Å². The Kier molecular flexibility index (Phi) is 3.17. The van der Waals surface area contributed by atoms with Crippen LogP contribution in [0.2, 0.25) is 0 Å². The van der Waals surface area contributed by atoms with Crippen LogP contribution in [0.15, 0.2) is 18.2 Å². The molecule has 1 saturated carbocycles. The van der Waals surface area contributed by atoms with Gasteiger partial charge in [-0.1, -0.05) is 26.0 Å². The highest BCUT2D eigenvalue weighted by molar-refractivity contribution is 5.55. The molecule has 0 unspecified atom stereocenters. The fourth-order valence-electron chi connectivity index (χ4n) is 2.22. The molecule has 1 aromatic carbocycles. The van der Waals surface area contributed by atoms with Crippen molar-refractivity contribution in [1.29, 1.82) is 0 Å². The summed E-state index contributed by atoms with van der Waals surface area (Å²) in [6.07, 6.45) is 2.69. The summed E-state index contributed by atoms with van der Waals surface area (Å²) in [4.78, 5) is 2.13. The van der Waals surface area contributed by atoms with Gasteiger partial charge in [-0.3, -0.25) is 0 Å². The summed E-state index contributed by atoms with van der Waals surface area (Å²) in [5, 5.41) is 10.1. The summed E-state index contributed by atoms with van der Waals surface area (Å²) in [5.41, 5.74) is 3.45. The molecule has 0 saturated heterocycles. The molecule has 0 aromatic heterocycles. The van der Waals surface area contributed by atoms with Gasteiger partial charge in [-0.2, -0.15) is 0 Å². The van der Waals surface area contributed by atoms with Gasteiger partial charge in [-0.05, 0) is 36.0 Å². The zero-order valence-corrected chi connectivity index (χ0v) is 11.3. The molecule has 2 heteroatoms. The second-order valence-corrected chi connectivity index (χ2v) is 5.84. The molecule has 2 nitrogen and oxygen atoms in total. The van der Waals surface area contributed by atoms with E-state index in [4.69, 9.17) is 0 Å². The average molecular weight is 233 g/mol. The first-order valence-corrected chi connectivity index (χ1v) is 6.44. The van der Waals surface area contributed by atoms with Crippen LogP contribution in [0.5, 0.6) is 0 Å². The predicted octanol–water partition coefficient (Wildman–Crippen LogP) is 2.94. The van der Waals surface area contributed by atoms with E-state index in [-0.39, 0.29) is 0 Å². The Hall–Kier alpha value is -1.02. The van der Waals surface area contributed by atoms with Gasteiger partial charge >= 0.3 is 0 Å². The third-order valence-corrected chi connectivity index (χ3v) is 3.60. The minimum absolute atomic E-state index is 0.416. The van der Waals surface area contributed by atoms with Crippen molar-refractivity contribution in [3.05, 3.63) is 29.3 Å². The van der Waals surface area contributed by atoms with Gasteiger partial charge < -0.3 is 10.0 Å². The number of hydrogen-bond donors (Lipinski definition) is 1. The molecular formula is C15H23NO. The van der Waals surface area contributed by atoms with E-state index >= 15 is 0 Å². The third-order valence-electron chi connectivity index (χ3n) is 3.60. The number of hydrogen-bond acceptors (Lipinski definition) is 2. The van der Waals surface area contributed by atoms with Crippen LogP contribution in [0.25, 0.3) is 0 Å². The summed E-state index contributed by atoms with van der Waals surface area (Å²) in [7, 11) is 4.12. The van der Waals surface area contributed by atoms with Crippen LogP contribution >= 0.6 is 0 Å². The van der Waals surface area contributed by atoms with E-state index in [2.05, 4.69) is 51.0 Å². The van der Waals surface area contributed by atoms with Crippen LogP contribution in [0.1, 0.15) is 43.7 Å². The monoisotopic (exact) mass is 233 g/mol. The Balaban J connectivity index is 2.33. The predicted molar refractivity (Wildman–Crippen MR) is 72.7 cm³/mol. The molecule has 1 aliphatic carbocycles. The molecule has 94 valence electrons. The standard InChI is InChI=1S/C15H23NO/c1-11(2)12-5-6-14(16(3)4)13(9-12)10-15(17)7-8-15/h5-6,9,11,17H,7-8,10H2,1-4H3. The molecule has 1 fully saturated rings. The van der Waals surface area contributed by atoms with Gasteiger partial charge in [0.15, 0.2) is 0 Å². The number of aliphatic hydroxyl groups is 1. The molecule has 0 heterocycles. The number of nitrogens with zero attached hydrogens (tertiary/aromatic N) is 1. The molecular weight excluding hydrogens is 210 g/mol. The topological polar surface area (TPSA) is 23.5 Å². The summed E-state index contributed by atoms with van der Waals surface area (Å²) >= 11 is 0.